The first-order valence-corrected chi connectivity index (χ1v) is 12.7. The predicted molar refractivity (Wildman–Crippen MR) is 127 cm³/mol. The van der Waals surface area contributed by atoms with Crippen molar-refractivity contribution in [2.24, 2.45) is 34.5 Å². The number of esters is 2. The summed E-state index contributed by atoms with van der Waals surface area (Å²) in [5.74, 6) is -0.529. The van der Waals surface area contributed by atoms with Crippen LogP contribution in [0.3, 0.4) is 0 Å². The Hall–Kier alpha value is -2.24. The first kappa shape index (κ1) is 24.9. The summed E-state index contributed by atoms with van der Waals surface area (Å²) in [5, 5.41) is 0. The Morgan fingerprint density at radius 3 is 2.47 bits per heavy atom. The van der Waals surface area contributed by atoms with Gasteiger partial charge >= 0.3 is 11.9 Å². The summed E-state index contributed by atoms with van der Waals surface area (Å²) in [6.45, 7) is 11.2. The SMILES string of the molecule is CCC(=O)O[C@]1(C(=O)COC(C)=O)[C@@H](C)C[C@H]2[C@@H]3C[C@H](C)C4=CC(=O)CC[C@]4(C)C3=CC[C@@]21C. The maximum absolute atomic E-state index is 13.7. The van der Waals surface area contributed by atoms with Crippen LogP contribution in [-0.4, -0.2) is 35.7 Å². The molecule has 2 fully saturated rings. The molecule has 0 saturated heterocycles. The van der Waals surface area contributed by atoms with E-state index in [1.165, 1.54) is 18.1 Å². The van der Waals surface area contributed by atoms with Crippen molar-refractivity contribution in [1.29, 1.82) is 0 Å². The number of carbonyl (C=O) groups excluding carboxylic acids is 4. The van der Waals surface area contributed by atoms with Gasteiger partial charge in [0, 0.05) is 36.5 Å². The summed E-state index contributed by atoms with van der Waals surface area (Å²) in [7, 11) is 0. The third kappa shape index (κ3) is 3.43. The van der Waals surface area contributed by atoms with E-state index in [0.717, 1.165) is 19.3 Å². The molecule has 186 valence electrons. The fourth-order valence-electron chi connectivity index (χ4n) is 7.99. The minimum absolute atomic E-state index is 0.131. The second-order valence-electron chi connectivity index (χ2n) is 11.4. The first-order chi connectivity index (χ1) is 15.9. The van der Waals surface area contributed by atoms with Gasteiger partial charge in [0.05, 0.1) is 0 Å². The molecule has 0 aromatic carbocycles. The highest BCUT2D eigenvalue weighted by Crippen LogP contribution is 2.68. The number of Topliss-reactive ketones (excluding diaryl/α,β-unsaturated/α-hetero) is 1. The van der Waals surface area contributed by atoms with Crippen LogP contribution < -0.4 is 0 Å². The molecule has 0 aliphatic heterocycles. The highest BCUT2D eigenvalue weighted by molar-refractivity contribution is 5.94. The minimum atomic E-state index is -1.33. The van der Waals surface area contributed by atoms with Crippen LogP contribution in [0.1, 0.15) is 80.1 Å². The zero-order chi connectivity index (χ0) is 25.1. The van der Waals surface area contributed by atoms with Crippen molar-refractivity contribution in [2.45, 2.75) is 85.7 Å². The number of allylic oxidation sites excluding steroid dienone is 4. The molecule has 6 nitrogen and oxygen atoms in total. The average molecular weight is 471 g/mol. The van der Waals surface area contributed by atoms with Gasteiger partial charge in [-0.25, -0.2) is 0 Å². The third-order valence-electron chi connectivity index (χ3n) is 9.58. The topological polar surface area (TPSA) is 86.7 Å². The van der Waals surface area contributed by atoms with Gasteiger partial charge in [-0.15, -0.1) is 0 Å². The summed E-state index contributed by atoms with van der Waals surface area (Å²) in [4.78, 5) is 50.1. The summed E-state index contributed by atoms with van der Waals surface area (Å²) in [6, 6.07) is 0. The molecule has 0 N–H and O–H groups in total. The molecular weight excluding hydrogens is 432 g/mol. The smallest absolute Gasteiger partial charge is 0.306 e. The Morgan fingerprint density at radius 2 is 1.82 bits per heavy atom. The zero-order valence-electron chi connectivity index (χ0n) is 21.4. The molecule has 0 amide bonds. The Kier molecular flexibility index (Phi) is 6.19. The van der Waals surface area contributed by atoms with E-state index >= 15 is 0 Å². The summed E-state index contributed by atoms with van der Waals surface area (Å²) >= 11 is 0. The summed E-state index contributed by atoms with van der Waals surface area (Å²) < 4.78 is 11.2. The minimum Gasteiger partial charge on any atom is -0.458 e. The predicted octanol–water partition coefficient (Wildman–Crippen LogP) is 4.75. The molecule has 0 radical (unpaired) electrons. The lowest BCUT2D eigenvalue weighted by Gasteiger charge is -2.56. The van der Waals surface area contributed by atoms with E-state index in [9.17, 15) is 19.2 Å². The fourth-order valence-corrected chi connectivity index (χ4v) is 7.99. The maximum atomic E-state index is 13.7. The molecule has 0 unspecified atom stereocenters. The molecular formula is C28H38O6. The van der Waals surface area contributed by atoms with Crippen LogP contribution in [0.2, 0.25) is 0 Å². The Bertz CT molecular complexity index is 991. The van der Waals surface area contributed by atoms with Crippen molar-refractivity contribution in [2.75, 3.05) is 6.61 Å². The van der Waals surface area contributed by atoms with E-state index in [1.54, 1.807) is 6.92 Å². The van der Waals surface area contributed by atoms with Gasteiger partial charge < -0.3 is 9.47 Å². The number of ketones is 2. The molecule has 7 atom stereocenters. The van der Waals surface area contributed by atoms with Gasteiger partial charge in [0.25, 0.3) is 0 Å². The second-order valence-corrected chi connectivity index (χ2v) is 11.4. The molecule has 6 heteroatoms. The van der Waals surface area contributed by atoms with E-state index in [0.29, 0.717) is 12.8 Å². The Labute approximate surface area is 202 Å². The van der Waals surface area contributed by atoms with E-state index in [4.69, 9.17) is 9.47 Å². The van der Waals surface area contributed by atoms with Crippen LogP contribution >= 0.6 is 0 Å². The number of hydrogen-bond donors (Lipinski definition) is 0. The summed E-state index contributed by atoms with van der Waals surface area (Å²) in [6.07, 6.45) is 8.03. The van der Waals surface area contributed by atoms with Crippen molar-refractivity contribution < 1.29 is 28.7 Å². The molecule has 0 heterocycles. The largest absolute Gasteiger partial charge is 0.458 e. The van der Waals surface area contributed by atoms with Crippen LogP contribution in [0.4, 0.5) is 0 Å². The van der Waals surface area contributed by atoms with Crippen LogP contribution in [0.5, 0.6) is 0 Å². The molecule has 4 aliphatic carbocycles. The highest BCUT2D eigenvalue weighted by atomic mass is 16.6. The molecule has 0 aromatic rings. The van der Waals surface area contributed by atoms with Crippen molar-refractivity contribution in [1.82, 2.24) is 0 Å². The van der Waals surface area contributed by atoms with Crippen molar-refractivity contribution in [3.8, 4) is 0 Å². The van der Waals surface area contributed by atoms with Gasteiger partial charge in [0.15, 0.2) is 18.0 Å². The van der Waals surface area contributed by atoms with Gasteiger partial charge in [-0.1, -0.05) is 51.8 Å². The van der Waals surface area contributed by atoms with E-state index in [-0.39, 0.29) is 53.7 Å². The molecule has 0 spiro atoms. The lowest BCUT2D eigenvalue weighted by atomic mass is 9.48. The van der Waals surface area contributed by atoms with Crippen LogP contribution in [0.15, 0.2) is 23.3 Å². The maximum Gasteiger partial charge on any atom is 0.306 e. The third-order valence-corrected chi connectivity index (χ3v) is 9.58. The van der Waals surface area contributed by atoms with Gasteiger partial charge in [0.2, 0.25) is 5.78 Å². The van der Waals surface area contributed by atoms with Crippen molar-refractivity contribution in [3.05, 3.63) is 23.3 Å². The second kappa shape index (κ2) is 8.46. The molecule has 4 aliphatic rings. The Balaban J connectivity index is 1.80. The number of hydrogen-bond acceptors (Lipinski definition) is 6. The van der Waals surface area contributed by atoms with Gasteiger partial charge in [-0.3, -0.25) is 19.2 Å². The molecule has 34 heavy (non-hydrogen) atoms. The van der Waals surface area contributed by atoms with E-state index < -0.39 is 23.0 Å². The molecule has 0 aromatic heterocycles. The van der Waals surface area contributed by atoms with Gasteiger partial charge in [-0.2, -0.15) is 0 Å². The number of carbonyl (C=O) groups is 4. The van der Waals surface area contributed by atoms with Gasteiger partial charge in [-0.05, 0) is 49.5 Å². The van der Waals surface area contributed by atoms with E-state index in [2.05, 4.69) is 26.8 Å². The molecule has 4 rings (SSSR count). The van der Waals surface area contributed by atoms with Crippen LogP contribution in [-0.2, 0) is 28.7 Å². The van der Waals surface area contributed by atoms with Gasteiger partial charge in [0.1, 0.15) is 0 Å². The first-order valence-electron chi connectivity index (χ1n) is 12.7. The number of ether oxygens (including phenoxy) is 2. The van der Waals surface area contributed by atoms with Crippen molar-refractivity contribution in [3.63, 3.8) is 0 Å². The summed E-state index contributed by atoms with van der Waals surface area (Å²) in [5.41, 5.74) is 0.586. The monoisotopic (exact) mass is 470 g/mol. The lowest BCUT2D eigenvalue weighted by Crippen LogP contribution is -2.60. The fraction of sp³-hybridized carbons (Fsp3) is 0.714. The Morgan fingerprint density at radius 1 is 1.12 bits per heavy atom. The number of fused-ring (bicyclic) bond motifs is 5. The standard InChI is InChI=1S/C28H38O6/c1-7-25(32)34-28(24(31)15-33-18(4)29)17(3)13-23-20-12-16(2)22-14-19(30)8-10-26(22,5)21(20)9-11-27(23,28)6/h9,14,16-17,20,23H,7-8,10-13,15H2,1-6H3/t16-,17-,20+,23-,26+,27-,28-/m0/s1. The molecule has 0 bridgehead atoms. The highest BCUT2D eigenvalue weighted by Gasteiger charge is 2.70. The quantitative estimate of drug-likeness (QED) is 0.426. The lowest BCUT2D eigenvalue weighted by molar-refractivity contribution is -0.191. The van der Waals surface area contributed by atoms with Crippen molar-refractivity contribution >= 4 is 23.5 Å². The van der Waals surface area contributed by atoms with E-state index in [1.807, 2.05) is 13.0 Å². The van der Waals surface area contributed by atoms with Crippen LogP contribution in [0, 0.1) is 34.5 Å². The normalized spacial score (nSPS) is 40.8. The number of rotatable bonds is 5. The van der Waals surface area contributed by atoms with Crippen LogP contribution in [0.25, 0.3) is 0 Å². The zero-order valence-corrected chi connectivity index (χ0v) is 21.4. The average Bonchev–Trinajstić information content (AvgIpc) is 3.01. The molecule has 2 saturated carbocycles.